The molecule has 0 aliphatic rings. The van der Waals surface area contributed by atoms with Gasteiger partial charge in [0, 0.05) is 5.69 Å². The molecule has 5 nitrogen and oxygen atoms in total. The molecule has 120 valence electrons. The number of hydrogen-bond acceptors (Lipinski definition) is 5. The molecule has 0 unspecified atom stereocenters. The fourth-order valence-electron chi connectivity index (χ4n) is 1.81. The van der Waals surface area contributed by atoms with E-state index in [2.05, 4.69) is 5.32 Å². The summed E-state index contributed by atoms with van der Waals surface area (Å²) in [5.41, 5.74) is 0.987. The van der Waals surface area contributed by atoms with Gasteiger partial charge < -0.3 is 10.1 Å². The highest BCUT2D eigenvalue weighted by Gasteiger charge is 2.13. The molecule has 1 aromatic carbocycles. The average Bonchev–Trinajstić information content (AvgIpc) is 2.97. The molecule has 0 aliphatic carbocycles. The zero-order valence-electron chi connectivity index (χ0n) is 13.1. The minimum absolute atomic E-state index is 0.0675. The van der Waals surface area contributed by atoms with E-state index in [4.69, 9.17) is 4.74 Å². The van der Waals surface area contributed by atoms with E-state index in [-0.39, 0.29) is 17.8 Å². The van der Waals surface area contributed by atoms with Crippen LogP contribution in [-0.2, 0) is 4.74 Å². The van der Waals surface area contributed by atoms with Gasteiger partial charge in [-0.3, -0.25) is 9.59 Å². The molecule has 1 heterocycles. The van der Waals surface area contributed by atoms with Crippen molar-refractivity contribution in [2.24, 2.45) is 0 Å². The lowest BCUT2D eigenvalue weighted by molar-refractivity contribution is 0.0377. The SMILES string of the molecule is CC(=O)c1ccc(C(=O)Nc2ccc(C(=O)OC(C)C)cc2)s1. The molecular formula is C17H17NO4S. The highest BCUT2D eigenvalue weighted by Crippen LogP contribution is 2.19. The molecule has 1 N–H and O–H groups in total. The number of Topliss-reactive ketones (excluding diaryl/α,β-unsaturated/α-hetero) is 1. The van der Waals surface area contributed by atoms with E-state index >= 15 is 0 Å². The van der Waals surface area contributed by atoms with Crippen LogP contribution in [0.15, 0.2) is 36.4 Å². The summed E-state index contributed by atoms with van der Waals surface area (Å²) in [4.78, 5) is 36.1. The molecule has 0 bridgehead atoms. The second-order valence-electron chi connectivity index (χ2n) is 5.21. The third-order valence-electron chi connectivity index (χ3n) is 2.90. The number of nitrogens with one attached hydrogen (secondary N) is 1. The Balaban J connectivity index is 2.03. The van der Waals surface area contributed by atoms with Crippen molar-refractivity contribution in [2.75, 3.05) is 5.32 Å². The van der Waals surface area contributed by atoms with Gasteiger partial charge >= 0.3 is 5.97 Å². The monoisotopic (exact) mass is 331 g/mol. The van der Waals surface area contributed by atoms with Crippen molar-refractivity contribution in [3.8, 4) is 0 Å². The summed E-state index contributed by atoms with van der Waals surface area (Å²) in [7, 11) is 0. The van der Waals surface area contributed by atoms with Gasteiger partial charge in [-0.25, -0.2) is 4.79 Å². The van der Waals surface area contributed by atoms with E-state index < -0.39 is 5.97 Å². The number of ether oxygens (including phenoxy) is 1. The molecule has 0 aliphatic heterocycles. The fourth-order valence-corrected chi connectivity index (χ4v) is 2.61. The summed E-state index contributed by atoms with van der Waals surface area (Å²) in [6.45, 7) is 5.02. The lowest BCUT2D eigenvalue weighted by Gasteiger charge is -2.08. The topological polar surface area (TPSA) is 72.5 Å². The number of ketones is 1. The van der Waals surface area contributed by atoms with Crippen LogP contribution in [0.25, 0.3) is 0 Å². The minimum atomic E-state index is -0.401. The van der Waals surface area contributed by atoms with Crippen molar-refractivity contribution in [3.63, 3.8) is 0 Å². The van der Waals surface area contributed by atoms with E-state index in [0.717, 1.165) is 11.3 Å². The molecule has 2 aromatic rings. The third kappa shape index (κ3) is 4.50. The van der Waals surface area contributed by atoms with E-state index in [9.17, 15) is 14.4 Å². The smallest absolute Gasteiger partial charge is 0.338 e. The zero-order chi connectivity index (χ0) is 17.0. The first-order valence-electron chi connectivity index (χ1n) is 7.10. The van der Waals surface area contributed by atoms with Crippen LogP contribution in [0.2, 0.25) is 0 Å². The van der Waals surface area contributed by atoms with E-state index in [1.165, 1.54) is 6.92 Å². The summed E-state index contributed by atoms with van der Waals surface area (Å²) in [6.07, 6.45) is -0.184. The number of carbonyl (C=O) groups is 3. The lowest BCUT2D eigenvalue weighted by atomic mass is 10.2. The molecule has 0 saturated heterocycles. The summed E-state index contributed by atoms with van der Waals surface area (Å²) in [5.74, 6) is -0.760. The van der Waals surface area contributed by atoms with Crippen molar-refractivity contribution in [1.29, 1.82) is 0 Å². The zero-order valence-corrected chi connectivity index (χ0v) is 13.9. The number of thiophene rings is 1. The van der Waals surface area contributed by atoms with Crippen LogP contribution in [-0.4, -0.2) is 23.8 Å². The van der Waals surface area contributed by atoms with Crippen molar-refractivity contribution in [1.82, 2.24) is 0 Å². The van der Waals surface area contributed by atoms with Crippen LogP contribution < -0.4 is 5.32 Å². The molecule has 0 atom stereocenters. The van der Waals surface area contributed by atoms with Crippen LogP contribution in [0.3, 0.4) is 0 Å². The van der Waals surface area contributed by atoms with Crippen LogP contribution in [0.4, 0.5) is 5.69 Å². The molecule has 0 radical (unpaired) electrons. The number of benzene rings is 1. The first-order valence-corrected chi connectivity index (χ1v) is 7.91. The summed E-state index contributed by atoms with van der Waals surface area (Å²) in [5, 5.41) is 2.73. The number of amides is 1. The van der Waals surface area contributed by atoms with Crippen LogP contribution in [0.5, 0.6) is 0 Å². The second kappa shape index (κ2) is 7.19. The van der Waals surface area contributed by atoms with Crippen LogP contribution in [0.1, 0.15) is 50.5 Å². The van der Waals surface area contributed by atoms with Gasteiger partial charge in [-0.05, 0) is 57.2 Å². The predicted octanol–water partition coefficient (Wildman–Crippen LogP) is 3.77. The Hall–Kier alpha value is -2.47. The molecule has 6 heteroatoms. The van der Waals surface area contributed by atoms with Gasteiger partial charge in [0.1, 0.15) is 0 Å². The first kappa shape index (κ1) is 16.9. The summed E-state index contributed by atoms with van der Waals surface area (Å²) >= 11 is 1.15. The Morgan fingerprint density at radius 1 is 1.00 bits per heavy atom. The quantitative estimate of drug-likeness (QED) is 0.668. The molecule has 0 fully saturated rings. The van der Waals surface area contributed by atoms with Gasteiger partial charge in [-0.15, -0.1) is 11.3 Å². The largest absolute Gasteiger partial charge is 0.459 e. The molecule has 23 heavy (non-hydrogen) atoms. The minimum Gasteiger partial charge on any atom is -0.459 e. The molecule has 1 amide bonds. The Labute approximate surface area is 138 Å². The highest BCUT2D eigenvalue weighted by atomic mass is 32.1. The fraction of sp³-hybridized carbons (Fsp3) is 0.235. The lowest BCUT2D eigenvalue weighted by Crippen LogP contribution is -2.12. The van der Waals surface area contributed by atoms with Crippen LogP contribution >= 0.6 is 11.3 Å². The maximum atomic E-state index is 12.1. The van der Waals surface area contributed by atoms with E-state index in [0.29, 0.717) is 21.0 Å². The highest BCUT2D eigenvalue weighted by molar-refractivity contribution is 7.16. The second-order valence-corrected chi connectivity index (χ2v) is 6.29. The van der Waals surface area contributed by atoms with Gasteiger partial charge in [0.15, 0.2) is 5.78 Å². The number of rotatable bonds is 5. The molecule has 2 rings (SSSR count). The summed E-state index contributed by atoms with van der Waals surface area (Å²) in [6, 6.07) is 9.70. The van der Waals surface area contributed by atoms with Gasteiger partial charge in [0.2, 0.25) is 0 Å². The Kier molecular flexibility index (Phi) is 5.28. The summed E-state index contributed by atoms with van der Waals surface area (Å²) < 4.78 is 5.10. The van der Waals surface area contributed by atoms with Gasteiger partial charge in [-0.1, -0.05) is 0 Å². The van der Waals surface area contributed by atoms with E-state index in [1.54, 1.807) is 50.2 Å². The predicted molar refractivity (Wildman–Crippen MR) is 89.3 cm³/mol. The number of anilines is 1. The molecular weight excluding hydrogens is 314 g/mol. The van der Waals surface area contributed by atoms with Gasteiger partial charge in [0.05, 0.1) is 21.4 Å². The number of carbonyl (C=O) groups excluding carboxylic acids is 3. The van der Waals surface area contributed by atoms with Crippen molar-refractivity contribution in [3.05, 3.63) is 51.7 Å². The number of hydrogen-bond donors (Lipinski definition) is 1. The maximum Gasteiger partial charge on any atom is 0.338 e. The Morgan fingerprint density at radius 2 is 1.61 bits per heavy atom. The van der Waals surface area contributed by atoms with Gasteiger partial charge in [-0.2, -0.15) is 0 Å². The standard InChI is InChI=1S/C17H17NO4S/c1-10(2)22-17(21)12-4-6-13(7-5-12)18-16(20)15-9-8-14(23-15)11(3)19/h4-10H,1-3H3,(H,18,20). The Morgan fingerprint density at radius 3 is 2.13 bits per heavy atom. The number of esters is 1. The van der Waals surface area contributed by atoms with Crippen molar-refractivity contribution in [2.45, 2.75) is 26.9 Å². The van der Waals surface area contributed by atoms with Crippen molar-refractivity contribution < 1.29 is 19.1 Å². The maximum absolute atomic E-state index is 12.1. The molecule has 0 saturated carbocycles. The molecule has 0 spiro atoms. The van der Waals surface area contributed by atoms with E-state index in [1.807, 2.05) is 0 Å². The normalized spacial score (nSPS) is 10.4. The van der Waals surface area contributed by atoms with Gasteiger partial charge in [0.25, 0.3) is 5.91 Å². The third-order valence-corrected chi connectivity index (χ3v) is 4.08. The first-order chi connectivity index (χ1) is 10.9. The van der Waals surface area contributed by atoms with Crippen LogP contribution in [0, 0.1) is 0 Å². The van der Waals surface area contributed by atoms with Crippen molar-refractivity contribution >= 4 is 34.7 Å². The molecule has 1 aromatic heterocycles. The Bertz CT molecular complexity index is 731. The average molecular weight is 331 g/mol.